The average molecular weight is 317 g/mol. The average Bonchev–Trinajstić information content (AvgIpc) is 2.96. The molecule has 1 saturated heterocycles. The molecule has 23 heavy (non-hydrogen) atoms. The van der Waals surface area contributed by atoms with Crippen LogP contribution < -0.4 is 10.2 Å². The maximum absolute atomic E-state index is 11.7. The van der Waals surface area contributed by atoms with Gasteiger partial charge in [-0.2, -0.15) is 0 Å². The third-order valence-electron chi connectivity index (χ3n) is 4.92. The predicted molar refractivity (Wildman–Crippen MR) is 91.8 cm³/mol. The number of anilines is 1. The molecule has 2 heterocycles. The molecule has 3 rings (SSSR count). The molecule has 2 aliphatic heterocycles. The largest absolute Gasteiger partial charge is 0.379 e. The van der Waals surface area contributed by atoms with Gasteiger partial charge in [-0.25, -0.2) is 0 Å². The molecule has 2 aliphatic rings. The van der Waals surface area contributed by atoms with E-state index in [9.17, 15) is 4.79 Å². The molecular weight excluding hydrogens is 290 g/mol. The van der Waals surface area contributed by atoms with Crippen LogP contribution in [0.4, 0.5) is 5.69 Å². The molecule has 0 unspecified atom stereocenters. The third kappa shape index (κ3) is 3.67. The topological polar surface area (TPSA) is 44.8 Å². The molecule has 1 atom stereocenters. The third-order valence-corrected chi connectivity index (χ3v) is 4.92. The zero-order valence-electron chi connectivity index (χ0n) is 14.2. The highest BCUT2D eigenvalue weighted by Crippen LogP contribution is 2.31. The molecule has 0 radical (unpaired) electrons. The fourth-order valence-corrected chi connectivity index (χ4v) is 3.48. The van der Waals surface area contributed by atoms with Gasteiger partial charge in [0.1, 0.15) is 0 Å². The number of likely N-dealkylation sites (N-methyl/N-ethyl adjacent to an activating group) is 1. The molecule has 0 aromatic heterocycles. The molecular formula is C18H27N3O2. The first kappa shape index (κ1) is 16.3. The maximum atomic E-state index is 11.7. The number of benzene rings is 1. The Labute approximate surface area is 138 Å². The number of nitrogens with one attached hydrogen (secondary N) is 1. The fourth-order valence-electron chi connectivity index (χ4n) is 3.48. The van der Waals surface area contributed by atoms with Gasteiger partial charge in [-0.15, -0.1) is 0 Å². The monoisotopic (exact) mass is 317 g/mol. The first-order valence-corrected chi connectivity index (χ1v) is 8.61. The Morgan fingerprint density at radius 1 is 1.30 bits per heavy atom. The van der Waals surface area contributed by atoms with E-state index in [0.29, 0.717) is 13.0 Å². The molecule has 1 N–H and O–H groups in total. The fraction of sp³-hybridized carbons (Fsp3) is 0.611. The summed E-state index contributed by atoms with van der Waals surface area (Å²) >= 11 is 0. The minimum Gasteiger partial charge on any atom is -0.379 e. The molecule has 1 amide bonds. The molecule has 1 aromatic carbocycles. The number of fused-ring (bicyclic) bond motifs is 1. The van der Waals surface area contributed by atoms with E-state index in [1.807, 2.05) is 6.92 Å². The number of ether oxygens (including phenoxy) is 1. The first-order chi connectivity index (χ1) is 11.2. The second-order valence-corrected chi connectivity index (χ2v) is 6.38. The van der Waals surface area contributed by atoms with Crippen molar-refractivity contribution in [1.82, 2.24) is 10.2 Å². The minimum absolute atomic E-state index is 0.115. The SMILES string of the molecule is CCC(=O)NC[C@@H](c1ccc2c(c1)CCN2C)N1CCOCC1. The molecule has 0 aliphatic carbocycles. The first-order valence-electron chi connectivity index (χ1n) is 8.61. The van der Waals surface area contributed by atoms with E-state index in [4.69, 9.17) is 4.74 Å². The van der Waals surface area contributed by atoms with Crippen molar-refractivity contribution < 1.29 is 9.53 Å². The predicted octanol–water partition coefficient (Wildman–Crippen LogP) is 1.58. The van der Waals surface area contributed by atoms with Gasteiger partial charge in [0.05, 0.1) is 19.3 Å². The lowest BCUT2D eigenvalue weighted by Gasteiger charge is -2.35. The van der Waals surface area contributed by atoms with Gasteiger partial charge in [0, 0.05) is 45.3 Å². The number of hydrogen-bond acceptors (Lipinski definition) is 4. The Morgan fingerprint density at radius 3 is 2.83 bits per heavy atom. The number of rotatable bonds is 5. The second-order valence-electron chi connectivity index (χ2n) is 6.38. The van der Waals surface area contributed by atoms with E-state index < -0.39 is 0 Å². The molecule has 1 aromatic rings. The smallest absolute Gasteiger partial charge is 0.219 e. The quantitative estimate of drug-likeness (QED) is 0.895. The Balaban J connectivity index is 1.80. The molecule has 0 saturated carbocycles. The normalized spacial score (nSPS) is 19.5. The van der Waals surface area contributed by atoms with E-state index in [0.717, 1.165) is 39.3 Å². The molecule has 0 bridgehead atoms. The Bertz CT molecular complexity index is 555. The number of nitrogens with zero attached hydrogens (tertiary/aromatic N) is 2. The highest BCUT2D eigenvalue weighted by Gasteiger charge is 2.25. The lowest BCUT2D eigenvalue weighted by molar-refractivity contribution is -0.121. The number of carbonyl (C=O) groups is 1. The summed E-state index contributed by atoms with van der Waals surface area (Å²) in [5, 5.41) is 3.07. The number of hydrogen-bond donors (Lipinski definition) is 1. The van der Waals surface area contributed by atoms with Crippen LogP contribution in [0.15, 0.2) is 18.2 Å². The lowest BCUT2D eigenvalue weighted by Crippen LogP contribution is -2.43. The van der Waals surface area contributed by atoms with Crippen molar-refractivity contribution in [1.29, 1.82) is 0 Å². The molecule has 126 valence electrons. The van der Waals surface area contributed by atoms with Crippen molar-refractivity contribution in [3.63, 3.8) is 0 Å². The van der Waals surface area contributed by atoms with Gasteiger partial charge in [-0.05, 0) is 23.6 Å². The van der Waals surface area contributed by atoms with E-state index in [-0.39, 0.29) is 11.9 Å². The Morgan fingerprint density at radius 2 is 2.09 bits per heavy atom. The zero-order valence-corrected chi connectivity index (χ0v) is 14.2. The Hall–Kier alpha value is -1.59. The van der Waals surface area contributed by atoms with E-state index >= 15 is 0 Å². The van der Waals surface area contributed by atoms with Crippen molar-refractivity contribution in [2.75, 3.05) is 51.3 Å². The highest BCUT2D eigenvalue weighted by molar-refractivity contribution is 5.75. The van der Waals surface area contributed by atoms with Crippen LogP contribution in [0.2, 0.25) is 0 Å². The molecule has 5 heteroatoms. The maximum Gasteiger partial charge on any atom is 0.219 e. The summed E-state index contributed by atoms with van der Waals surface area (Å²) in [6, 6.07) is 7.01. The van der Waals surface area contributed by atoms with Crippen molar-refractivity contribution >= 4 is 11.6 Å². The van der Waals surface area contributed by atoms with Crippen LogP contribution in [0, 0.1) is 0 Å². The summed E-state index contributed by atoms with van der Waals surface area (Å²) in [5.74, 6) is 0.115. The molecule has 1 fully saturated rings. The van der Waals surface area contributed by atoms with Crippen LogP contribution in [-0.2, 0) is 16.0 Å². The second kappa shape index (κ2) is 7.32. The summed E-state index contributed by atoms with van der Waals surface area (Å²) in [6.45, 7) is 7.03. The minimum atomic E-state index is 0.115. The van der Waals surface area contributed by atoms with Gasteiger partial charge in [0.15, 0.2) is 0 Å². The lowest BCUT2D eigenvalue weighted by atomic mass is 10.0. The van der Waals surface area contributed by atoms with Gasteiger partial charge in [0.25, 0.3) is 0 Å². The highest BCUT2D eigenvalue weighted by atomic mass is 16.5. The zero-order chi connectivity index (χ0) is 16.2. The number of amides is 1. The van der Waals surface area contributed by atoms with Gasteiger partial charge < -0.3 is 15.0 Å². The van der Waals surface area contributed by atoms with E-state index in [2.05, 4.69) is 40.4 Å². The van der Waals surface area contributed by atoms with Crippen LogP contribution in [0.3, 0.4) is 0 Å². The van der Waals surface area contributed by atoms with Crippen LogP contribution in [0.25, 0.3) is 0 Å². The van der Waals surface area contributed by atoms with Gasteiger partial charge >= 0.3 is 0 Å². The van der Waals surface area contributed by atoms with Gasteiger partial charge in [-0.1, -0.05) is 19.1 Å². The van der Waals surface area contributed by atoms with Crippen LogP contribution in [-0.4, -0.2) is 57.2 Å². The molecule has 0 spiro atoms. The van der Waals surface area contributed by atoms with E-state index in [1.165, 1.54) is 16.8 Å². The van der Waals surface area contributed by atoms with Crippen molar-refractivity contribution in [2.24, 2.45) is 0 Å². The standard InChI is InChI=1S/C18H27N3O2/c1-3-18(22)19-13-17(21-8-10-23-11-9-21)14-4-5-16-15(12-14)6-7-20(16)2/h4-5,12,17H,3,6-11,13H2,1-2H3,(H,19,22)/t17-/m0/s1. The number of morpholine rings is 1. The van der Waals surface area contributed by atoms with Gasteiger partial charge in [0.2, 0.25) is 5.91 Å². The van der Waals surface area contributed by atoms with Crippen molar-refractivity contribution in [2.45, 2.75) is 25.8 Å². The summed E-state index contributed by atoms with van der Waals surface area (Å²) in [7, 11) is 2.15. The van der Waals surface area contributed by atoms with Crippen molar-refractivity contribution in [3.05, 3.63) is 29.3 Å². The van der Waals surface area contributed by atoms with Crippen LogP contribution in [0.1, 0.15) is 30.5 Å². The van der Waals surface area contributed by atoms with Crippen LogP contribution >= 0.6 is 0 Å². The van der Waals surface area contributed by atoms with Gasteiger partial charge in [-0.3, -0.25) is 9.69 Å². The Kier molecular flexibility index (Phi) is 5.18. The molecule has 5 nitrogen and oxygen atoms in total. The summed E-state index contributed by atoms with van der Waals surface area (Å²) in [6.07, 6.45) is 1.64. The van der Waals surface area contributed by atoms with E-state index in [1.54, 1.807) is 0 Å². The van der Waals surface area contributed by atoms with Crippen molar-refractivity contribution in [3.8, 4) is 0 Å². The number of carbonyl (C=O) groups excluding carboxylic acids is 1. The summed E-state index contributed by atoms with van der Waals surface area (Å²) in [4.78, 5) is 16.4. The van der Waals surface area contributed by atoms with Crippen LogP contribution in [0.5, 0.6) is 0 Å². The summed E-state index contributed by atoms with van der Waals surface area (Å²) in [5.41, 5.74) is 4.06. The summed E-state index contributed by atoms with van der Waals surface area (Å²) < 4.78 is 5.48.